The Morgan fingerprint density at radius 3 is 2.50 bits per heavy atom. The average molecular weight is 242 g/mol. The first-order valence-electron chi connectivity index (χ1n) is 6.20. The molecule has 1 aromatic carbocycles. The van der Waals surface area contributed by atoms with Crippen molar-refractivity contribution in [2.24, 2.45) is 0 Å². The molecule has 0 saturated heterocycles. The fourth-order valence-corrected chi connectivity index (χ4v) is 1.93. The number of nitrogens with zero attached hydrogens (tertiary/aromatic N) is 1. The first-order valence-corrected chi connectivity index (χ1v) is 6.20. The number of aromatic amines is 1. The molecule has 0 aliphatic rings. The minimum atomic E-state index is -0.103. The van der Waals surface area contributed by atoms with Gasteiger partial charge in [-0.05, 0) is 30.0 Å². The summed E-state index contributed by atoms with van der Waals surface area (Å²) in [6.07, 6.45) is 0.650. The highest BCUT2D eigenvalue weighted by atomic mass is 16.1. The lowest BCUT2D eigenvalue weighted by Gasteiger charge is -2.07. The molecule has 2 aromatic rings. The fourth-order valence-electron chi connectivity index (χ4n) is 1.93. The molecule has 2 rings (SSSR count). The number of nitrogens with one attached hydrogen (secondary N) is 1. The van der Waals surface area contributed by atoms with E-state index >= 15 is 0 Å². The monoisotopic (exact) mass is 242 g/mol. The summed E-state index contributed by atoms with van der Waals surface area (Å²) in [6, 6.07) is 10.3. The SMILES string of the molecule is Cc1cc(Cc2ccc(C(C)C)cc2)c(=O)[nH]n1. The summed E-state index contributed by atoms with van der Waals surface area (Å²) < 4.78 is 0. The number of aryl methyl sites for hydroxylation is 1. The van der Waals surface area contributed by atoms with E-state index in [1.165, 1.54) is 5.56 Å². The molecule has 0 unspecified atom stereocenters. The van der Waals surface area contributed by atoms with Gasteiger partial charge < -0.3 is 0 Å². The molecule has 0 amide bonds. The third-order valence-electron chi connectivity index (χ3n) is 3.05. The van der Waals surface area contributed by atoms with Gasteiger partial charge in [0.2, 0.25) is 0 Å². The standard InChI is InChI=1S/C15H18N2O/c1-10(2)13-6-4-12(5-7-13)9-14-8-11(3)16-17-15(14)18/h4-8,10H,9H2,1-3H3,(H,17,18). The van der Waals surface area contributed by atoms with Gasteiger partial charge in [-0.2, -0.15) is 5.10 Å². The molecule has 0 bridgehead atoms. The Morgan fingerprint density at radius 2 is 1.89 bits per heavy atom. The van der Waals surface area contributed by atoms with Gasteiger partial charge in [0.15, 0.2) is 0 Å². The molecule has 0 radical (unpaired) electrons. The second kappa shape index (κ2) is 5.17. The molecule has 1 N–H and O–H groups in total. The second-order valence-electron chi connectivity index (χ2n) is 4.94. The molecule has 0 saturated carbocycles. The number of benzene rings is 1. The van der Waals surface area contributed by atoms with Crippen LogP contribution in [-0.2, 0) is 6.42 Å². The van der Waals surface area contributed by atoms with Crippen molar-refractivity contribution in [3.05, 3.63) is 63.1 Å². The summed E-state index contributed by atoms with van der Waals surface area (Å²) >= 11 is 0. The molecule has 94 valence electrons. The number of hydrogen-bond acceptors (Lipinski definition) is 2. The van der Waals surface area contributed by atoms with E-state index in [4.69, 9.17) is 0 Å². The van der Waals surface area contributed by atoms with Crippen molar-refractivity contribution in [1.82, 2.24) is 10.2 Å². The Morgan fingerprint density at radius 1 is 1.22 bits per heavy atom. The lowest BCUT2D eigenvalue weighted by molar-refractivity contribution is 0.864. The van der Waals surface area contributed by atoms with Crippen molar-refractivity contribution >= 4 is 0 Å². The zero-order valence-corrected chi connectivity index (χ0v) is 11.0. The number of hydrogen-bond donors (Lipinski definition) is 1. The van der Waals surface area contributed by atoms with Gasteiger partial charge in [-0.3, -0.25) is 4.79 Å². The molecular formula is C15H18N2O. The Kier molecular flexibility index (Phi) is 3.60. The summed E-state index contributed by atoms with van der Waals surface area (Å²) in [5.41, 5.74) is 3.96. The first-order chi connectivity index (χ1) is 8.56. The van der Waals surface area contributed by atoms with E-state index in [-0.39, 0.29) is 5.56 Å². The normalized spacial score (nSPS) is 10.9. The van der Waals surface area contributed by atoms with E-state index in [9.17, 15) is 4.79 Å². The Bertz CT molecular complexity index is 582. The lowest BCUT2D eigenvalue weighted by atomic mass is 9.99. The highest BCUT2D eigenvalue weighted by Gasteiger charge is 2.04. The van der Waals surface area contributed by atoms with Gasteiger partial charge in [-0.25, -0.2) is 5.10 Å². The van der Waals surface area contributed by atoms with Crippen LogP contribution in [0, 0.1) is 6.92 Å². The maximum atomic E-state index is 11.6. The Hall–Kier alpha value is -1.90. The molecule has 3 heteroatoms. The van der Waals surface area contributed by atoms with Crippen molar-refractivity contribution in [3.8, 4) is 0 Å². The molecule has 1 aromatic heterocycles. The van der Waals surface area contributed by atoms with Crippen LogP contribution in [0.2, 0.25) is 0 Å². The maximum absolute atomic E-state index is 11.6. The van der Waals surface area contributed by atoms with Crippen molar-refractivity contribution in [2.45, 2.75) is 33.1 Å². The molecule has 3 nitrogen and oxygen atoms in total. The van der Waals surface area contributed by atoms with Crippen molar-refractivity contribution in [3.63, 3.8) is 0 Å². The van der Waals surface area contributed by atoms with Gasteiger partial charge in [-0.15, -0.1) is 0 Å². The second-order valence-corrected chi connectivity index (χ2v) is 4.94. The van der Waals surface area contributed by atoms with Crippen LogP contribution in [0.1, 0.15) is 42.1 Å². The molecule has 18 heavy (non-hydrogen) atoms. The molecule has 1 heterocycles. The zero-order chi connectivity index (χ0) is 13.1. The first kappa shape index (κ1) is 12.6. The van der Waals surface area contributed by atoms with Crippen molar-refractivity contribution in [2.75, 3.05) is 0 Å². The van der Waals surface area contributed by atoms with Crippen LogP contribution in [-0.4, -0.2) is 10.2 Å². The van der Waals surface area contributed by atoms with Crippen LogP contribution in [0.5, 0.6) is 0 Å². The van der Waals surface area contributed by atoms with Crippen LogP contribution in [0.15, 0.2) is 35.1 Å². The quantitative estimate of drug-likeness (QED) is 0.899. The molecule has 0 atom stereocenters. The zero-order valence-electron chi connectivity index (χ0n) is 11.0. The highest BCUT2D eigenvalue weighted by molar-refractivity contribution is 5.29. The van der Waals surface area contributed by atoms with Gasteiger partial charge >= 0.3 is 0 Å². The van der Waals surface area contributed by atoms with Gasteiger partial charge in [0.1, 0.15) is 0 Å². The van der Waals surface area contributed by atoms with E-state index in [0.717, 1.165) is 16.8 Å². The van der Waals surface area contributed by atoms with Crippen LogP contribution >= 0.6 is 0 Å². The molecule has 0 spiro atoms. The Balaban J connectivity index is 2.23. The van der Waals surface area contributed by atoms with Crippen LogP contribution in [0.25, 0.3) is 0 Å². The van der Waals surface area contributed by atoms with Crippen molar-refractivity contribution in [1.29, 1.82) is 0 Å². The van der Waals surface area contributed by atoms with Gasteiger partial charge in [-0.1, -0.05) is 38.1 Å². The molecule has 0 fully saturated rings. The number of rotatable bonds is 3. The minimum Gasteiger partial charge on any atom is -0.268 e. The van der Waals surface area contributed by atoms with Gasteiger partial charge in [0.25, 0.3) is 5.56 Å². The average Bonchev–Trinajstić information content (AvgIpc) is 2.34. The van der Waals surface area contributed by atoms with Crippen LogP contribution in [0.4, 0.5) is 0 Å². The molecule has 0 aliphatic heterocycles. The van der Waals surface area contributed by atoms with E-state index in [2.05, 4.69) is 48.3 Å². The number of aromatic nitrogens is 2. The van der Waals surface area contributed by atoms with E-state index in [1.807, 2.05) is 13.0 Å². The van der Waals surface area contributed by atoms with E-state index in [0.29, 0.717) is 12.3 Å². The summed E-state index contributed by atoms with van der Waals surface area (Å²) in [4.78, 5) is 11.6. The Labute approximate surface area is 107 Å². The lowest BCUT2D eigenvalue weighted by Crippen LogP contribution is -2.15. The maximum Gasteiger partial charge on any atom is 0.267 e. The van der Waals surface area contributed by atoms with Crippen LogP contribution in [0.3, 0.4) is 0 Å². The van der Waals surface area contributed by atoms with E-state index < -0.39 is 0 Å². The number of H-pyrrole nitrogens is 1. The smallest absolute Gasteiger partial charge is 0.267 e. The van der Waals surface area contributed by atoms with Crippen molar-refractivity contribution < 1.29 is 0 Å². The summed E-state index contributed by atoms with van der Waals surface area (Å²) in [6.45, 7) is 6.22. The van der Waals surface area contributed by atoms with Gasteiger partial charge in [0, 0.05) is 12.0 Å². The summed E-state index contributed by atoms with van der Waals surface area (Å²) in [5.74, 6) is 0.533. The summed E-state index contributed by atoms with van der Waals surface area (Å²) in [5, 5.41) is 6.39. The largest absolute Gasteiger partial charge is 0.268 e. The predicted molar refractivity (Wildman–Crippen MR) is 72.9 cm³/mol. The predicted octanol–water partition coefficient (Wildman–Crippen LogP) is 2.79. The molecular weight excluding hydrogens is 224 g/mol. The highest BCUT2D eigenvalue weighted by Crippen LogP contribution is 2.15. The van der Waals surface area contributed by atoms with Crippen LogP contribution < -0.4 is 5.56 Å². The minimum absolute atomic E-state index is 0.103. The third kappa shape index (κ3) is 2.86. The van der Waals surface area contributed by atoms with E-state index in [1.54, 1.807) is 0 Å². The fraction of sp³-hybridized carbons (Fsp3) is 0.333. The van der Waals surface area contributed by atoms with Gasteiger partial charge in [0.05, 0.1) is 5.69 Å². The summed E-state index contributed by atoms with van der Waals surface area (Å²) in [7, 11) is 0. The topological polar surface area (TPSA) is 45.8 Å². The molecule has 0 aliphatic carbocycles. The third-order valence-corrected chi connectivity index (χ3v) is 3.05.